The second-order valence-corrected chi connectivity index (χ2v) is 6.82. The Morgan fingerprint density at radius 3 is 3.00 bits per heavy atom. The Bertz CT molecular complexity index is 449. The fourth-order valence-electron chi connectivity index (χ4n) is 3.88. The second-order valence-electron chi connectivity index (χ2n) is 6.82. The molecular weight excluding hydrogens is 260 g/mol. The van der Waals surface area contributed by atoms with Gasteiger partial charge >= 0.3 is 0 Å². The molecule has 116 valence electrons. The summed E-state index contributed by atoms with van der Waals surface area (Å²) in [5.41, 5.74) is 1.80. The first-order valence-electron chi connectivity index (χ1n) is 8.38. The van der Waals surface area contributed by atoms with E-state index in [1.54, 1.807) is 0 Å². The molecule has 3 rings (SSSR count). The van der Waals surface area contributed by atoms with Crippen LogP contribution in [-0.4, -0.2) is 44.2 Å². The zero-order chi connectivity index (χ0) is 14.5. The van der Waals surface area contributed by atoms with E-state index in [1.807, 2.05) is 0 Å². The van der Waals surface area contributed by atoms with Gasteiger partial charge in [0.05, 0.1) is 0 Å². The maximum absolute atomic E-state index is 5.91. The van der Waals surface area contributed by atoms with E-state index in [9.17, 15) is 0 Å². The summed E-state index contributed by atoms with van der Waals surface area (Å²) in [6.45, 7) is 8.86. The number of benzene rings is 1. The van der Waals surface area contributed by atoms with Gasteiger partial charge in [-0.2, -0.15) is 0 Å². The number of aryl methyl sites for hydroxylation is 1. The maximum atomic E-state index is 5.91. The van der Waals surface area contributed by atoms with Crippen molar-refractivity contribution in [1.82, 2.24) is 10.2 Å². The highest BCUT2D eigenvalue weighted by atomic mass is 16.5. The number of likely N-dealkylation sites (tertiary alicyclic amines) is 1. The van der Waals surface area contributed by atoms with Gasteiger partial charge in [-0.25, -0.2) is 0 Å². The quantitative estimate of drug-likeness (QED) is 0.922. The van der Waals surface area contributed by atoms with E-state index in [-0.39, 0.29) is 0 Å². The summed E-state index contributed by atoms with van der Waals surface area (Å²) in [5, 5.41) is 3.60. The molecule has 1 atom stereocenters. The molecule has 0 saturated carbocycles. The van der Waals surface area contributed by atoms with E-state index in [2.05, 4.69) is 41.4 Å². The Hall–Kier alpha value is -1.06. The van der Waals surface area contributed by atoms with Crippen molar-refractivity contribution in [3.05, 3.63) is 29.8 Å². The van der Waals surface area contributed by atoms with Gasteiger partial charge in [0, 0.05) is 19.6 Å². The molecule has 2 heterocycles. The second kappa shape index (κ2) is 6.80. The Morgan fingerprint density at radius 2 is 2.19 bits per heavy atom. The average Bonchev–Trinajstić information content (AvgIpc) is 2.48. The first-order valence-corrected chi connectivity index (χ1v) is 8.38. The monoisotopic (exact) mass is 288 g/mol. The van der Waals surface area contributed by atoms with Crippen molar-refractivity contribution in [2.24, 2.45) is 5.41 Å². The number of hydrogen-bond acceptors (Lipinski definition) is 3. The fraction of sp³-hybridized carbons (Fsp3) is 0.667. The lowest BCUT2D eigenvalue weighted by Crippen LogP contribution is -2.51. The molecule has 0 aromatic heterocycles. The predicted octanol–water partition coefficient (Wildman–Crippen LogP) is 2.84. The Morgan fingerprint density at radius 1 is 1.29 bits per heavy atom. The van der Waals surface area contributed by atoms with Crippen molar-refractivity contribution in [2.45, 2.75) is 32.6 Å². The predicted molar refractivity (Wildman–Crippen MR) is 86.9 cm³/mol. The highest BCUT2D eigenvalue weighted by molar-refractivity contribution is 5.27. The standard InChI is InChI=1S/C18H28N2O/c1-16-5-2-6-17(13-16)21-12-11-20-10-4-8-18(15-20)7-3-9-19-14-18/h2,5-6,13,19H,3-4,7-12,14-15H2,1H3. The van der Waals surface area contributed by atoms with Gasteiger partial charge in [0.15, 0.2) is 0 Å². The molecule has 21 heavy (non-hydrogen) atoms. The lowest BCUT2D eigenvalue weighted by molar-refractivity contribution is 0.0563. The third kappa shape index (κ3) is 3.98. The Labute approximate surface area is 128 Å². The van der Waals surface area contributed by atoms with Gasteiger partial charge in [-0.05, 0) is 68.8 Å². The normalized spacial score (nSPS) is 26.9. The summed E-state index contributed by atoms with van der Waals surface area (Å²) in [6.07, 6.45) is 5.48. The first-order chi connectivity index (χ1) is 10.3. The summed E-state index contributed by atoms with van der Waals surface area (Å²) in [6, 6.07) is 8.34. The third-order valence-corrected chi connectivity index (χ3v) is 4.97. The zero-order valence-corrected chi connectivity index (χ0v) is 13.2. The number of ether oxygens (including phenoxy) is 1. The molecule has 1 unspecified atom stereocenters. The molecule has 2 aliphatic rings. The molecule has 1 spiro atoms. The van der Waals surface area contributed by atoms with Crippen LogP contribution in [0.4, 0.5) is 0 Å². The van der Waals surface area contributed by atoms with Gasteiger partial charge in [0.25, 0.3) is 0 Å². The number of piperidine rings is 2. The molecule has 1 N–H and O–H groups in total. The highest BCUT2D eigenvalue weighted by Gasteiger charge is 2.36. The largest absolute Gasteiger partial charge is 0.492 e. The number of hydrogen-bond donors (Lipinski definition) is 1. The van der Waals surface area contributed by atoms with Crippen LogP contribution in [0.3, 0.4) is 0 Å². The molecule has 0 aliphatic carbocycles. The SMILES string of the molecule is Cc1cccc(OCCN2CCCC3(CCCNC3)C2)c1. The topological polar surface area (TPSA) is 24.5 Å². The van der Waals surface area contributed by atoms with Crippen LogP contribution in [0.5, 0.6) is 5.75 Å². The molecule has 1 aromatic carbocycles. The van der Waals surface area contributed by atoms with Crippen LogP contribution >= 0.6 is 0 Å². The molecule has 2 fully saturated rings. The van der Waals surface area contributed by atoms with Gasteiger partial charge in [0.2, 0.25) is 0 Å². The van der Waals surface area contributed by atoms with Gasteiger partial charge < -0.3 is 10.1 Å². The number of rotatable bonds is 4. The van der Waals surface area contributed by atoms with Crippen molar-refractivity contribution in [2.75, 3.05) is 39.3 Å². The first kappa shape index (κ1) is 14.9. The summed E-state index contributed by atoms with van der Waals surface area (Å²) in [4.78, 5) is 2.60. The van der Waals surface area contributed by atoms with Crippen molar-refractivity contribution in [3.8, 4) is 5.75 Å². The number of nitrogens with one attached hydrogen (secondary N) is 1. The number of nitrogens with zero attached hydrogens (tertiary/aromatic N) is 1. The Kier molecular flexibility index (Phi) is 4.81. The summed E-state index contributed by atoms with van der Waals surface area (Å²) in [7, 11) is 0. The zero-order valence-electron chi connectivity index (χ0n) is 13.2. The molecule has 3 nitrogen and oxygen atoms in total. The smallest absolute Gasteiger partial charge is 0.119 e. The van der Waals surface area contributed by atoms with Crippen molar-refractivity contribution in [1.29, 1.82) is 0 Å². The third-order valence-electron chi connectivity index (χ3n) is 4.97. The molecule has 3 heteroatoms. The minimum Gasteiger partial charge on any atom is -0.492 e. The van der Waals surface area contributed by atoms with Crippen LogP contribution in [0.25, 0.3) is 0 Å². The molecule has 2 saturated heterocycles. The molecule has 2 aliphatic heterocycles. The minimum atomic E-state index is 0.542. The Balaban J connectivity index is 1.46. The summed E-state index contributed by atoms with van der Waals surface area (Å²) in [5.74, 6) is 1.00. The van der Waals surface area contributed by atoms with Crippen molar-refractivity contribution < 1.29 is 4.74 Å². The maximum Gasteiger partial charge on any atom is 0.119 e. The summed E-state index contributed by atoms with van der Waals surface area (Å²) < 4.78 is 5.91. The van der Waals surface area contributed by atoms with E-state index in [0.717, 1.165) is 18.9 Å². The van der Waals surface area contributed by atoms with Crippen LogP contribution in [-0.2, 0) is 0 Å². The lowest BCUT2D eigenvalue weighted by Gasteiger charge is -2.45. The van der Waals surface area contributed by atoms with Crippen LogP contribution in [0.15, 0.2) is 24.3 Å². The van der Waals surface area contributed by atoms with Crippen LogP contribution < -0.4 is 10.1 Å². The molecular formula is C18H28N2O. The van der Waals surface area contributed by atoms with E-state index in [0.29, 0.717) is 5.41 Å². The van der Waals surface area contributed by atoms with Crippen LogP contribution in [0.2, 0.25) is 0 Å². The van der Waals surface area contributed by atoms with Gasteiger partial charge in [-0.1, -0.05) is 12.1 Å². The van der Waals surface area contributed by atoms with Gasteiger partial charge in [-0.3, -0.25) is 4.90 Å². The van der Waals surface area contributed by atoms with E-state index in [1.165, 1.54) is 57.4 Å². The average molecular weight is 288 g/mol. The van der Waals surface area contributed by atoms with E-state index >= 15 is 0 Å². The van der Waals surface area contributed by atoms with Crippen molar-refractivity contribution >= 4 is 0 Å². The van der Waals surface area contributed by atoms with Gasteiger partial charge in [0.1, 0.15) is 12.4 Å². The van der Waals surface area contributed by atoms with Crippen LogP contribution in [0, 0.1) is 12.3 Å². The van der Waals surface area contributed by atoms with E-state index < -0.39 is 0 Å². The highest BCUT2D eigenvalue weighted by Crippen LogP contribution is 2.35. The van der Waals surface area contributed by atoms with Crippen LogP contribution in [0.1, 0.15) is 31.2 Å². The fourth-order valence-corrected chi connectivity index (χ4v) is 3.88. The summed E-state index contributed by atoms with van der Waals surface area (Å²) >= 11 is 0. The van der Waals surface area contributed by atoms with E-state index in [4.69, 9.17) is 4.74 Å². The molecule has 0 bridgehead atoms. The molecule has 0 amide bonds. The minimum absolute atomic E-state index is 0.542. The molecule has 1 aromatic rings. The van der Waals surface area contributed by atoms with Gasteiger partial charge in [-0.15, -0.1) is 0 Å². The molecule has 0 radical (unpaired) electrons. The lowest BCUT2D eigenvalue weighted by atomic mass is 9.74. The van der Waals surface area contributed by atoms with Crippen molar-refractivity contribution in [3.63, 3.8) is 0 Å².